The quantitative estimate of drug-likeness (QED) is 0.615. The van der Waals surface area contributed by atoms with Crippen LogP contribution in [0.5, 0.6) is 0 Å². The third-order valence-electron chi connectivity index (χ3n) is 5.22. The molecular weight excluding hydrogens is 340 g/mol. The molecule has 0 saturated carbocycles. The Labute approximate surface area is 150 Å². The maximum Gasteiger partial charge on any atom is 0.249 e. The van der Waals surface area contributed by atoms with Crippen LogP contribution in [-0.4, -0.2) is 53.5 Å². The first-order valence-corrected chi connectivity index (χ1v) is 9.53. The SMILES string of the molecule is CC1(C)S[C@H]2C(NC(=O)CC3CC=CCC3)C(=O)N2C1c1nn[nH]n1. The van der Waals surface area contributed by atoms with Gasteiger partial charge in [-0.2, -0.15) is 5.21 Å². The summed E-state index contributed by atoms with van der Waals surface area (Å²) in [5.74, 6) is 0.817. The van der Waals surface area contributed by atoms with Crippen LogP contribution in [0.25, 0.3) is 0 Å². The fraction of sp³-hybridized carbons (Fsp3) is 0.688. The van der Waals surface area contributed by atoms with Gasteiger partial charge in [0.15, 0.2) is 5.82 Å². The first-order chi connectivity index (χ1) is 12.0. The molecule has 0 radical (unpaired) electrons. The smallest absolute Gasteiger partial charge is 0.249 e. The Bertz CT molecular complexity index is 703. The maximum absolute atomic E-state index is 12.7. The summed E-state index contributed by atoms with van der Waals surface area (Å²) in [4.78, 5) is 26.8. The highest BCUT2D eigenvalue weighted by molar-refractivity contribution is 8.01. The molecule has 134 valence electrons. The number of rotatable bonds is 4. The Balaban J connectivity index is 1.42. The molecule has 1 aliphatic carbocycles. The molecule has 1 aromatic heterocycles. The Morgan fingerprint density at radius 1 is 1.48 bits per heavy atom. The van der Waals surface area contributed by atoms with Gasteiger partial charge in [-0.05, 0) is 39.0 Å². The molecular formula is C16H22N6O2S. The van der Waals surface area contributed by atoms with E-state index in [0.29, 0.717) is 18.2 Å². The highest BCUT2D eigenvalue weighted by Gasteiger charge is 2.63. The van der Waals surface area contributed by atoms with E-state index < -0.39 is 6.04 Å². The number of hydrogen-bond acceptors (Lipinski definition) is 6. The summed E-state index contributed by atoms with van der Waals surface area (Å²) in [6.07, 6.45) is 7.82. The lowest BCUT2D eigenvalue weighted by atomic mass is 9.91. The fourth-order valence-electron chi connectivity index (χ4n) is 3.99. The molecule has 4 rings (SSSR count). The highest BCUT2D eigenvalue weighted by atomic mass is 32.2. The van der Waals surface area contributed by atoms with Gasteiger partial charge in [-0.3, -0.25) is 9.59 Å². The number of fused-ring (bicyclic) bond motifs is 1. The summed E-state index contributed by atoms with van der Waals surface area (Å²) in [5, 5.41) is 17.1. The van der Waals surface area contributed by atoms with Gasteiger partial charge >= 0.3 is 0 Å². The van der Waals surface area contributed by atoms with Gasteiger partial charge in [-0.15, -0.1) is 22.0 Å². The third-order valence-corrected chi connectivity index (χ3v) is 6.79. The predicted octanol–water partition coefficient (Wildman–Crippen LogP) is 1.17. The Morgan fingerprint density at radius 3 is 3.00 bits per heavy atom. The summed E-state index contributed by atoms with van der Waals surface area (Å²) in [6.45, 7) is 4.13. The fourth-order valence-corrected chi connectivity index (χ4v) is 5.62. The lowest BCUT2D eigenvalue weighted by Crippen LogP contribution is -2.68. The number of aromatic nitrogens is 4. The van der Waals surface area contributed by atoms with Crippen molar-refractivity contribution in [2.45, 2.75) is 61.7 Å². The van der Waals surface area contributed by atoms with Crippen LogP contribution in [0.4, 0.5) is 0 Å². The van der Waals surface area contributed by atoms with Gasteiger partial charge in [-0.1, -0.05) is 17.4 Å². The van der Waals surface area contributed by atoms with Gasteiger partial charge in [0.25, 0.3) is 0 Å². The summed E-state index contributed by atoms with van der Waals surface area (Å²) in [5.41, 5.74) is 0. The van der Waals surface area contributed by atoms with E-state index in [9.17, 15) is 9.59 Å². The van der Waals surface area contributed by atoms with E-state index in [0.717, 1.165) is 19.3 Å². The normalized spacial score (nSPS) is 33.0. The number of H-pyrrole nitrogens is 1. The average molecular weight is 362 g/mol. The van der Waals surface area contributed by atoms with Crippen molar-refractivity contribution >= 4 is 23.6 Å². The zero-order valence-corrected chi connectivity index (χ0v) is 15.1. The minimum atomic E-state index is -0.451. The number of amides is 2. The van der Waals surface area contributed by atoms with E-state index in [-0.39, 0.29) is 28.0 Å². The summed E-state index contributed by atoms with van der Waals surface area (Å²) in [6, 6.07) is -0.682. The number of carbonyl (C=O) groups excluding carboxylic acids is 2. The molecule has 0 aromatic carbocycles. The van der Waals surface area contributed by atoms with Gasteiger partial charge in [0, 0.05) is 11.2 Å². The molecule has 2 aliphatic heterocycles. The van der Waals surface area contributed by atoms with Gasteiger partial charge in [0.2, 0.25) is 11.8 Å². The minimum absolute atomic E-state index is 0.0280. The monoisotopic (exact) mass is 362 g/mol. The van der Waals surface area contributed by atoms with E-state index in [2.05, 4.69) is 51.9 Å². The molecule has 2 amide bonds. The van der Waals surface area contributed by atoms with Crippen LogP contribution >= 0.6 is 11.8 Å². The average Bonchev–Trinajstić information content (AvgIpc) is 3.18. The van der Waals surface area contributed by atoms with Crippen LogP contribution in [0.1, 0.15) is 51.4 Å². The van der Waals surface area contributed by atoms with E-state index >= 15 is 0 Å². The summed E-state index contributed by atoms with van der Waals surface area (Å²) >= 11 is 1.68. The molecule has 3 unspecified atom stereocenters. The topological polar surface area (TPSA) is 104 Å². The second-order valence-electron chi connectivity index (χ2n) is 7.43. The van der Waals surface area contributed by atoms with Crippen LogP contribution in [0.3, 0.4) is 0 Å². The number of nitrogens with zero attached hydrogens (tertiary/aromatic N) is 4. The van der Waals surface area contributed by atoms with Gasteiger partial charge < -0.3 is 10.2 Å². The van der Waals surface area contributed by atoms with Crippen molar-refractivity contribution in [3.63, 3.8) is 0 Å². The van der Waals surface area contributed by atoms with Crippen LogP contribution in [0.15, 0.2) is 12.2 Å². The maximum atomic E-state index is 12.7. The first kappa shape index (κ1) is 16.6. The Morgan fingerprint density at radius 2 is 2.32 bits per heavy atom. The number of nitrogens with one attached hydrogen (secondary N) is 2. The molecule has 8 nitrogen and oxygen atoms in total. The molecule has 1 aromatic rings. The molecule has 3 heterocycles. The first-order valence-electron chi connectivity index (χ1n) is 8.65. The predicted molar refractivity (Wildman–Crippen MR) is 92.3 cm³/mol. The van der Waals surface area contributed by atoms with Crippen molar-refractivity contribution in [3.05, 3.63) is 18.0 Å². The highest BCUT2D eigenvalue weighted by Crippen LogP contribution is 2.56. The van der Waals surface area contributed by atoms with Gasteiger partial charge in [0.05, 0.1) is 0 Å². The van der Waals surface area contributed by atoms with Gasteiger partial charge in [-0.25, -0.2) is 0 Å². The number of aromatic amines is 1. The number of allylic oxidation sites excluding steroid dienone is 2. The second kappa shape index (κ2) is 6.12. The Kier molecular flexibility index (Phi) is 4.05. The van der Waals surface area contributed by atoms with Crippen LogP contribution in [0.2, 0.25) is 0 Å². The molecule has 2 saturated heterocycles. The minimum Gasteiger partial charge on any atom is -0.342 e. The molecule has 2 fully saturated rings. The summed E-state index contributed by atoms with van der Waals surface area (Å²) < 4.78 is -0.238. The lowest BCUT2D eigenvalue weighted by molar-refractivity contribution is -0.152. The van der Waals surface area contributed by atoms with Crippen molar-refractivity contribution < 1.29 is 9.59 Å². The van der Waals surface area contributed by atoms with Crippen molar-refractivity contribution in [2.24, 2.45) is 5.92 Å². The molecule has 25 heavy (non-hydrogen) atoms. The second-order valence-corrected chi connectivity index (χ2v) is 9.20. The molecule has 9 heteroatoms. The van der Waals surface area contributed by atoms with Crippen molar-refractivity contribution in [1.82, 2.24) is 30.8 Å². The Hall–Kier alpha value is -1.90. The van der Waals surface area contributed by atoms with E-state index in [1.54, 1.807) is 16.7 Å². The van der Waals surface area contributed by atoms with Crippen LogP contribution in [-0.2, 0) is 9.59 Å². The number of tetrazole rings is 1. The molecule has 0 spiro atoms. The van der Waals surface area contributed by atoms with Crippen molar-refractivity contribution in [1.29, 1.82) is 0 Å². The largest absolute Gasteiger partial charge is 0.342 e. The van der Waals surface area contributed by atoms with Crippen molar-refractivity contribution in [2.75, 3.05) is 0 Å². The van der Waals surface area contributed by atoms with Gasteiger partial charge in [0.1, 0.15) is 17.5 Å². The number of carbonyl (C=O) groups is 2. The van der Waals surface area contributed by atoms with Crippen molar-refractivity contribution in [3.8, 4) is 0 Å². The van der Waals surface area contributed by atoms with Crippen LogP contribution in [0, 0.1) is 5.92 Å². The number of hydrogen-bond donors (Lipinski definition) is 2. The van der Waals surface area contributed by atoms with Crippen LogP contribution < -0.4 is 5.32 Å². The molecule has 2 N–H and O–H groups in total. The van der Waals surface area contributed by atoms with E-state index in [1.165, 1.54) is 0 Å². The zero-order chi connectivity index (χ0) is 17.6. The standard InChI is InChI=1S/C16H22N6O2S/c1-16(2)12(13-18-20-21-19-13)22-14(24)11(15(22)25-16)17-10(23)8-9-6-4-3-5-7-9/h3-4,9,11-12,15H,5-8H2,1-2H3,(H,17,23)(H,18,19,20,21)/t9?,11?,12?,15-/m0/s1. The number of β-lactam (4-membered cyclic amide) rings is 1. The third kappa shape index (κ3) is 2.84. The summed E-state index contributed by atoms with van der Waals surface area (Å²) in [7, 11) is 0. The number of thioether (sulfide) groups is 1. The lowest BCUT2D eigenvalue weighted by Gasteiger charge is -2.44. The zero-order valence-electron chi connectivity index (χ0n) is 14.3. The molecule has 4 atom stereocenters. The van der Waals surface area contributed by atoms with E-state index in [4.69, 9.17) is 0 Å². The molecule has 3 aliphatic rings. The van der Waals surface area contributed by atoms with E-state index in [1.807, 2.05) is 0 Å². The molecule has 0 bridgehead atoms.